The minimum atomic E-state index is -3.90. The average Bonchev–Trinajstić information content (AvgIpc) is 2.37. The molecule has 0 fully saturated rings. The summed E-state index contributed by atoms with van der Waals surface area (Å²) < 4.78 is 22.7. The van der Waals surface area contributed by atoms with Crippen molar-refractivity contribution in [3.05, 3.63) is 42.0 Å². The van der Waals surface area contributed by atoms with E-state index in [0.717, 1.165) is 0 Å². The number of amides is 1. The monoisotopic (exact) mass is 308 g/mol. The van der Waals surface area contributed by atoms with Gasteiger partial charge >= 0.3 is 0 Å². The Morgan fingerprint density at radius 3 is 2.33 bits per heavy atom. The van der Waals surface area contributed by atoms with Gasteiger partial charge in [-0.15, -0.1) is 0 Å². The molecule has 6 N–H and O–H groups in total. The molecule has 0 atom stereocenters. The summed E-state index contributed by atoms with van der Waals surface area (Å²) in [6.45, 7) is 0. The predicted octanol–water partition coefficient (Wildman–Crippen LogP) is 0.511. The summed E-state index contributed by atoms with van der Waals surface area (Å²) in [7, 11) is -3.90. The first-order chi connectivity index (χ1) is 9.71. The van der Waals surface area contributed by atoms with Gasteiger partial charge in [0.05, 0.1) is 4.90 Å². The van der Waals surface area contributed by atoms with Crippen molar-refractivity contribution in [3.63, 3.8) is 0 Å². The Kier molecular flexibility index (Phi) is 3.58. The highest BCUT2D eigenvalue weighted by Crippen LogP contribution is 2.37. The number of primary amides is 1. The van der Waals surface area contributed by atoms with E-state index in [-0.39, 0.29) is 10.5 Å². The summed E-state index contributed by atoms with van der Waals surface area (Å²) in [6, 6.07) is 8.01. The topological polar surface area (TPSA) is 144 Å². The molecule has 21 heavy (non-hydrogen) atoms. The van der Waals surface area contributed by atoms with Gasteiger partial charge in [0.2, 0.25) is 10.0 Å². The molecule has 0 aliphatic heterocycles. The third-order valence-corrected chi connectivity index (χ3v) is 3.79. The normalized spacial score (nSPS) is 11.3. The Balaban J connectivity index is 2.69. The van der Waals surface area contributed by atoms with E-state index in [1.165, 1.54) is 36.4 Å². The molecule has 0 saturated heterocycles. The molecular weight excluding hydrogens is 296 g/mol. The van der Waals surface area contributed by atoms with Crippen molar-refractivity contribution in [1.29, 1.82) is 0 Å². The Labute approximate surface area is 120 Å². The second-order valence-corrected chi connectivity index (χ2v) is 5.85. The van der Waals surface area contributed by atoms with Gasteiger partial charge in [-0.2, -0.15) is 0 Å². The fourth-order valence-corrected chi connectivity index (χ4v) is 2.46. The second-order valence-electron chi connectivity index (χ2n) is 4.29. The lowest BCUT2D eigenvalue weighted by Crippen LogP contribution is -2.12. The van der Waals surface area contributed by atoms with Gasteiger partial charge in [0, 0.05) is 5.56 Å². The quantitative estimate of drug-likeness (QED) is 0.653. The molecule has 0 unspecified atom stereocenters. The number of hydrogen-bond donors (Lipinski definition) is 4. The summed E-state index contributed by atoms with van der Waals surface area (Å²) in [4.78, 5) is 11.1. The van der Waals surface area contributed by atoms with Crippen LogP contribution in [0.4, 0.5) is 0 Å². The Hall–Kier alpha value is -2.58. The molecule has 0 heterocycles. The zero-order chi connectivity index (χ0) is 15.8. The predicted molar refractivity (Wildman–Crippen MR) is 75.1 cm³/mol. The number of hydrogen-bond acceptors (Lipinski definition) is 5. The molecular formula is C13H12N2O5S. The summed E-state index contributed by atoms with van der Waals surface area (Å²) in [5.41, 5.74) is 5.10. The van der Waals surface area contributed by atoms with Gasteiger partial charge in [0.25, 0.3) is 5.91 Å². The minimum absolute atomic E-state index is 0.145. The second kappa shape index (κ2) is 5.08. The fourth-order valence-electron chi connectivity index (χ4n) is 1.90. The number of phenols is 2. The third-order valence-electron chi connectivity index (χ3n) is 2.88. The van der Waals surface area contributed by atoms with E-state index in [0.29, 0.717) is 5.56 Å². The molecule has 0 saturated carbocycles. The molecule has 110 valence electrons. The molecule has 8 heteroatoms. The van der Waals surface area contributed by atoms with Crippen LogP contribution in [-0.4, -0.2) is 24.5 Å². The van der Waals surface area contributed by atoms with Gasteiger partial charge in [-0.05, 0) is 29.8 Å². The third kappa shape index (κ3) is 2.81. The van der Waals surface area contributed by atoms with Crippen molar-refractivity contribution in [2.75, 3.05) is 0 Å². The van der Waals surface area contributed by atoms with Gasteiger partial charge in [0.15, 0.2) is 0 Å². The zero-order valence-electron chi connectivity index (χ0n) is 10.6. The lowest BCUT2D eigenvalue weighted by molar-refractivity contribution is 0.0995. The molecule has 0 radical (unpaired) electrons. The molecule has 0 aliphatic rings. The molecule has 2 aromatic rings. The molecule has 2 aromatic carbocycles. The van der Waals surface area contributed by atoms with Gasteiger partial charge in [-0.3, -0.25) is 4.79 Å². The molecule has 2 rings (SSSR count). The smallest absolute Gasteiger partial charge is 0.256 e. The van der Waals surface area contributed by atoms with E-state index in [9.17, 15) is 23.4 Å². The lowest BCUT2D eigenvalue weighted by Gasteiger charge is -2.10. The fraction of sp³-hybridized carbons (Fsp3) is 0. The van der Waals surface area contributed by atoms with Gasteiger partial charge < -0.3 is 15.9 Å². The Morgan fingerprint density at radius 1 is 1.10 bits per heavy atom. The van der Waals surface area contributed by atoms with Gasteiger partial charge in [-0.25, -0.2) is 13.6 Å². The highest BCUT2D eigenvalue weighted by atomic mass is 32.2. The Bertz CT molecular complexity index is 830. The summed E-state index contributed by atoms with van der Waals surface area (Å²) in [6.07, 6.45) is 0. The number of nitrogens with two attached hydrogens (primary N) is 2. The molecule has 0 spiro atoms. The van der Waals surface area contributed by atoms with Crippen LogP contribution in [0.25, 0.3) is 11.1 Å². The van der Waals surface area contributed by atoms with Gasteiger partial charge in [0.1, 0.15) is 17.1 Å². The highest BCUT2D eigenvalue weighted by molar-refractivity contribution is 7.89. The zero-order valence-corrected chi connectivity index (χ0v) is 11.5. The van der Waals surface area contributed by atoms with Crippen molar-refractivity contribution < 1.29 is 23.4 Å². The van der Waals surface area contributed by atoms with Crippen molar-refractivity contribution >= 4 is 15.9 Å². The lowest BCUT2D eigenvalue weighted by atomic mass is 10.0. The number of carbonyl (C=O) groups is 1. The standard InChI is InChI=1S/C13H12N2O5S/c14-13(18)11-10(16)5-4-9(12(11)17)7-2-1-3-8(6-7)21(15,19)20/h1-6,16-17H,(H2,14,18)(H2,15,19,20). The van der Waals surface area contributed by atoms with Crippen LogP contribution in [0.1, 0.15) is 10.4 Å². The summed E-state index contributed by atoms with van der Waals surface area (Å²) >= 11 is 0. The maximum Gasteiger partial charge on any atom is 0.256 e. The van der Waals surface area contributed by atoms with Crippen LogP contribution in [0, 0.1) is 0 Å². The minimum Gasteiger partial charge on any atom is -0.507 e. The number of rotatable bonds is 3. The van der Waals surface area contributed by atoms with Crippen molar-refractivity contribution in [1.82, 2.24) is 0 Å². The van der Waals surface area contributed by atoms with Crippen LogP contribution in [-0.2, 0) is 10.0 Å². The summed E-state index contributed by atoms with van der Waals surface area (Å²) in [5.74, 6) is -2.00. The van der Waals surface area contributed by atoms with E-state index in [4.69, 9.17) is 10.9 Å². The maximum atomic E-state index is 11.3. The molecule has 7 nitrogen and oxygen atoms in total. The van der Waals surface area contributed by atoms with Gasteiger partial charge in [-0.1, -0.05) is 12.1 Å². The molecule has 1 amide bonds. The van der Waals surface area contributed by atoms with E-state index in [1.54, 1.807) is 0 Å². The van der Waals surface area contributed by atoms with Crippen molar-refractivity contribution in [2.24, 2.45) is 10.9 Å². The largest absolute Gasteiger partial charge is 0.507 e. The van der Waals surface area contributed by atoms with Crippen LogP contribution < -0.4 is 10.9 Å². The van der Waals surface area contributed by atoms with E-state index in [2.05, 4.69) is 0 Å². The van der Waals surface area contributed by atoms with E-state index >= 15 is 0 Å². The molecule has 0 aromatic heterocycles. The first kappa shape index (κ1) is 14.8. The van der Waals surface area contributed by atoms with E-state index in [1.807, 2.05) is 0 Å². The molecule has 0 bridgehead atoms. The number of aromatic hydroxyl groups is 2. The highest BCUT2D eigenvalue weighted by Gasteiger charge is 2.19. The SMILES string of the molecule is NC(=O)c1c(O)ccc(-c2cccc(S(N)(=O)=O)c2)c1O. The average molecular weight is 308 g/mol. The van der Waals surface area contributed by atoms with Crippen LogP contribution in [0.2, 0.25) is 0 Å². The van der Waals surface area contributed by atoms with Crippen LogP contribution in [0.3, 0.4) is 0 Å². The number of benzene rings is 2. The van der Waals surface area contributed by atoms with Crippen LogP contribution in [0.5, 0.6) is 11.5 Å². The van der Waals surface area contributed by atoms with E-state index < -0.39 is 33.0 Å². The first-order valence-corrected chi connectivity index (χ1v) is 7.24. The first-order valence-electron chi connectivity index (χ1n) is 5.70. The number of sulfonamides is 1. The van der Waals surface area contributed by atoms with Crippen LogP contribution in [0.15, 0.2) is 41.3 Å². The molecule has 0 aliphatic carbocycles. The van der Waals surface area contributed by atoms with Crippen molar-refractivity contribution in [3.8, 4) is 22.6 Å². The Morgan fingerprint density at radius 2 is 1.76 bits per heavy atom. The maximum absolute atomic E-state index is 11.3. The number of carbonyl (C=O) groups excluding carboxylic acids is 1. The number of primary sulfonamides is 1. The van der Waals surface area contributed by atoms with Crippen LogP contribution >= 0.6 is 0 Å². The summed E-state index contributed by atoms with van der Waals surface area (Å²) in [5, 5.41) is 24.6. The van der Waals surface area contributed by atoms with Crippen molar-refractivity contribution in [2.45, 2.75) is 4.90 Å².